The van der Waals surface area contributed by atoms with Crippen LogP contribution in [-0.2, 0) is 23.7 Å². The normalized spacial score (nSPS) is 12.4. The Hall–Kier alpha value is -2.82. The smallest absolute Gasteiger partial charge is 0.323 e. The van der Waals surface area contributed by atoms with Crippen LogP contribution in [0, 0.1) is 13.8 Å². The molecule has 1 aromatic carbocycles. The van der Waals surface area contributed by atoms with Crippen LogP contribution in [0.25, 0.3) is 11.0 Å². The highest BCUT2D eigenvalue weighted by atomic mass is 35.5. The Morgan fingerprint density at radius 1 is 1.10 bits per heavy atom. The number of carbonyl (C=O) groups is 1. The van der Waals surface area contributed by atoms with Gasteiger partial charge in [0.1, 0.15) is 6.54 Å². The van der Waals surface area contributed by atoms with Gasteiger partial charge in [-0.1, -0.05) is 11.6 Å². The molecule has 160 valence electrons. The molecule has 1 N–H and O–H groups in total. The molecular weight excluding hydrogens is 438 g/mol. The fourth-order valence-electron chi connectivity index (χ4n) is 2.94. The van der Waals surface area contributed by atoms with E-state index >= 15 is 0 Å². The number of pyridine rings is 1. The summed E-state index contributed by atoms with van der Waals surface area (Å²) in [6, 6.07) is 3.28. The Morgan fingerprint density at radius 3 is 2.37 bits per heavy atom. The zero-order valence-corrected chi connectivity index (χ0v) is 16.2. The van der Waals surface area contributed by atoms with E-state index in [1.54, 1.807) is 0 Å². The topological polar surface area (TPSA) is 59.8 Å². The second-order valence-electron chi connectivity index (χ2n) is 6.49. The van der Waals surface area contributed by atoms with Gasteiger partial charge in [-0.15, -0.1) is 0 Å². The number of fused-ring (bicyclic) bond motifs is 1. The lowest BCUT2D eigenvalue weighted by atomic mass is 10.1. The average molecular weight is 451 g/mol. The monoisotopic (exact) mass is 450 g/mol. The van der Waals surface area contributed by atoms with Crippen molar-refractivity contribution in [2.45, 2.75) is 32.7 Å². The van der Waals surface area contributed by atoms with Crippen LogP contribution < -0.4 is 5.32 Å². The highest BCUT2D eigenvalue weighted by Gasteiger charge is 2.35. The summed E-state index contributed by atoms with van der Waals surface area (Å²) < 4.78 is 79.6. The molecule has 0 fully saturated rings. The van der Waals surface area contributed by atoms with Gasteiger partial charge < -0.3 is 5.32 Å². The maximum atomic E-state index is 13.4. The fourth-order valence-corrected chi connectivity index (χ4v) is 3.10. The third-order valence-corrected chi connectivity index (χ3v) is 4.50. The number of benzene rings is 1. The van der Waals surface area contributed by atoms with E-state index in [0.717, 1.165) is 22.9 Å². The summed E-state index contributed by atoms with van der Waals surface area (Å²) in [7, 11) is 0. The molecule has 0 unspecified atom stereocenters. The third kappa shape index (κ3) is 4.35. The largest absolute Gasteiger partial charge is 0.417 e. The van der Waals surface area contributed by atoms with E-state index in [-0.39, 0.29) is 33.1 Å². The first-order valence-electron chi connectivity index (χ1n) is 8.36. The number of nitrogens with zero attached hydrogens (tertiary/aromatic N) is 3. The van der Waals surface area contributed by atoms with E-state index in [2.05, 4.69) is 15.4 Å². The summed E-state index contributed by atoms with van der Waals surface area (Å²) in [6.45, 7) is 2.13. The predicted octanol–water partition coefficient (Wildman–Crippen LogP) is 5.38. The van der Waals surface area contributed by atoms with E-state index in [9.17, 15) is 31.1 Å². The summed E-state index contributed by atoms with van der Waals surface area (Å²) in [6.07, 6.45) is -9.30. The van der Waals surface area contributed by atoms with Crippen LogP contribution in [0.4, 0.5) is 32.0 Å². The summed E-state index contributed by atoms with van der Waals surface area (Å²) in [5, 5.41) is 5.78. The molecule has 0 saturated heterocycles. The van der Waals surface area contributed by atoms with Crippen LogP contribution in [0.1, 0.15) is 22.5 Å². The van der Waals surface area contributed by atoms with Gasteiger partial charge in [0, 0.05) is 5.69 Å². The summed E-state index contributed by atoms with van der Waals surface area (Å²) in [5.41, 5.74) is -2.33. The Bertz CT molecular complexity index is 1140. The minimum Gasteiger partial charge on any atom is -0.323 e. The van der Waals surface area contributed by atoms with Gasteiger partial charge in [-0.3, -0.25) is 4.79 Å². The molecule has 1 amide bonds. The van der Waals surface area contributed by atoms with Gasteiger partial charge in [0.25, 0.3) is 0 Å². The molecule has 0 spiro atoms. The second kappa shape index (κ2) is 7.46. The fraction of sp³-hybridized carbons (Fsp3) is 0.278. The lowest BCUT2D eigenvalue weighted by Crippen LogP contribution is -2.20. The molecule has 0 aliphatic rings. The van der Waals surface area contributed by atoms with Crippen LogP contribution >= 0.6 is 11.6 Å². The first-order chi connectivity index (χ1) is 13.8. The Labute approximate surface area is 170 Å². The highest BCUT2D eigenvalue weighted by Crippen LogP contribution is 2.36. The number of amides is 1. The third-order valence-electron chi connectivity index (χ3n) is 4.17. The first-order valence-corrected chi connectivity index (χ1v) is 8.73. The zero-order valence-electron chi connectivity index (χ0n) is 15.4. The van der Waals surface area contributed by atoms with Crippen molar-refractivity contribution >= 4 is 34.2 Å². The van der Waals surface area contributed by atoms with E-state index in [0.29, 0.717) is 6.07 Å². The minimum atomic E-state index is -4.65. The van der Waals surface area contributed by atoms with Crippen molar-refractivity contribution < 1.29 is 31.1 Å². The van der Waals surface area contributed by atoms with Crippen molar-refractivity contribution in [2.75, 3.05) is 5.32 Å². The SMILES string of the molecule is Cc1cc(C(F)(F)F)c2c(C)nn(CC(=O)Nc3cc(C(F)(F)F)ccc3Cl)c2n1. The molecule has 0 radical (unpaired) electrons. The molecule has 0 atom stereocenters. The average Bonchev–Trinajstić information content (AvgIpc) is 2.89. The Kier molecular flexibility index (Phi) is 5.44. The predicted molar refractivity (Wildman–Crippen MR) is 97.1 cm³/mol. The number of anilines is 1. The molecule has 3 rings (SSSR count). The number of aromatic nitrogens is 3. The molecule has 2 aromatic heterocycles. The summed E-state index contributed by atoms with van der Waals surface area (Å²) >= 11 is 5.84. The summed E-state index contributed by atoms with van der Waals surface area (Å²) in [4.78, 5) is 16.4. The molecule has 3 aromatic rings. The number of alkyl halides is 6. The maximum Gasteiger partial charge on any atom is 0.417 e. The van der Waals surface area contributed by atoms with Crippen molar-refractivity contribution in [1.29, 1.82) is 0 Å². The number of rotatable bonds is 3. The Morgan fingerprint density at radius 2 is 1.77 bits per heavy atom. The standard InChI is InChI=1S/C18H13ClF6N4O/c1-8-5-11(18(23,24)25)15-9(2)28-29(16(15)26-8)7-14(30)27-13-6-10(17(20,21)22)3-4-12(13)19/h3-6H,7H2,1-2H3,(H,27,30). The lowest BCUT2D eigenvalue weighted by Gasteiger charge is -2.12. The van der Waals surface area contributed by atoms with Crippen molar-refractivity contribution in [3.8, 4) is 0 Å². The van der Waals surface area contributed by atoms with Gasteiger partial charge in [0.15, 0.2) is 5.65 Å². The maximum absolute atomic E-state index is 13.4. The molecule has 0 saturated carbocycles. The number of nitrogens with one attached hydrogen (secondary N) is 1. The van der Waals surface area contributed by atoms with Gasteiger partial charge in [-0.05, 0) is 38.1 Å². The minimum absolute atomic E-state index is 0.00901. The van der Waals surface area contributed by atoms with Crippen LogP contribution in [0.15, 0.2) is 24.3 Å². The van der Waals surface area contributed by atoms with E-state index in [1.807, 2.05) is 0 Å². The van der Waals surface area contributed by atoms with Gasteiger partial charge in [0.2, 0.25) is 5.91 Å². The zero-order chi connectivity index (χ0) is 22.4. The molecule has 12 heteroatoms. The molecule has 5 nitrogen and oxygen atoms in total. The van der Waals surface area contributed by atoms with Gasteiger partial charge in [0.05, 0.1) is 32.9 Å². The van der Waals surface area contributed by atoms with Crippen LogP contribution in [-0.4, -0.2) is 20.7 Å². The van der Waals surface area contributed by atoms with E-state index in [1.165, 1.54) is 13.8 Å². The number of aryl methyl sites for hydroxylation is 2. The van der Waals surface area contributed by atoms with Gasteiger partial charge >= 0.3 is 12.4 Å². The summed E-state index contributed by atoms with van der Waals surface area (Å²) in [5.74, 6) is -0.836. The molecular formula is C18H13ClF6N4O. The molecule has 0 bridgehead atoms. The van der Waals surface area contributed by atoms with Crippen LogP contribution in [0.2, 0.25) is 5.02 Å². The lowest BCUT2D eigenvalue weighted by molar-refractivity contribution is -0.138. The van der Waals surface area contributed by atoms with E-state index < -0.39 is 35.9 Å². The quantitative estimate of drug-likeness (QED) is 0.545. The van der Waals surface area contributed by atoms with Crippen molar-refractivity contribution in [3.63, 3.8) is 0 Å². The number of halogens is 7. The Balaban J connectivity index is 1.94. The van der Waals surface area contributed by atoms with Crippen LogP contribution in [0.3, 0.4) is 0 Å². The highest BCUT2D eigenvalue weighted by molar-refractivity contribution is 6.33. The molecule has 2 heterocycles. The van der Waals surface area contributed by atoms with Crippen molar-refractivity contribution in [3.05, 3.63) is 51.8 Å². The number of hydrogen-bond donors (Lipinski definition) is 1. The van der Waals surface area contributed by atoms with Crippen molar-refractivity contribution in [1.82, 2.24) is 14.8 Å². The van der Waals surface area contributed by atoms with Crippen LogP contribution in [0.5, 0.6) is 0 Å². The second-order valence-corrected chi connectivity index (χ2v) is 6.90. The van der Waals surface area contributed by atoms with Gasteiger partial charge in [-0.25, -0.2) is 9.67 Å². The molecule has 0 aliphatic carbocycles. The van der Waals surface area contributed by atoms with Gasteiger partial charge in [-0.2, -0.15) is 31.4 Å². The first kappa shape index (κ1) is 21.9. The number of hydrogen-bond acceptors (Lipinski definition) is 3. The van der Waals surface area contributed by atoms with E-state index in [4.69, 9.17) is 11.6 Å². The molecule has 30 heavy (non-hydrogen) atoms. The number of carbonyl (C=O) groups excluding carboxylic acids is 1. The molecule has 0 aliphatic heterocycles. The van der Waals surface area contributed by atoms with Crippen molar-refractivity contribution in [2.24, 2.45) is 0 Å².